The normalized spacial score (nSPS) is 18.9. The molecule has 1 heterocycles. The molecule has 0 amide bonds. The molecule has 0 fully saturated rings. The highest BCUT2D eigenvalue weighted by molar-refractivity contribution is 9.09. The Morgan fingerprint density at radius 1 is 1.17 bits per heavy atom. The van der Waals surface area contributed by atoms with E-state index in [1.165, 1.54) is 11.8 Å². The molecule has 0 spiro atoms. The van der Waals surface area contributed by atoms with Crippen LogP contribution in [0.25, 0.3) is 0 Å². The summed E-state index contributed by atoms with van der Waals surface area (Å²) in [7, 11) is -3.71. The number of sulfonamides is 1. The number of hydrogen-bond donors (Lipinski definition) is 1. The van der Waals surface area contributed by atoms with Crippen LogP contribution in [0.4, 0.5) is 5.69 Å². The van der Waals surface area contributed by atoms with E-state index in [0.29, 0.717) is 12.3 Å². The maximum atomic E-state index is 12.8. The third kappa shape index (κ3) is 4.81. The third-order valence-corrected chi connectivity index (χ3v) is 8.74. The number of carbonyl (C=O) groups excluding carboxylic acids is 1. The average molecular weight is 498 g/mol. The Bertz CT molecular complexity index is 1010. The van der Waals surface area contributed by atoms with Crippen LogP contribution in [0.1, 0.15) is 43.6 Å². The molecule has 2 atom stereocenters. The van der Waals surface area contributed by atoms with Crippen molar-refractivity contribution < 1.29 is 17.9 Å². The molecule has 1 aliphatic heterocycles. The fourth-order valence-electron chi connectivity index (χ4n) is 3.03. The lowest BCUT2D eigenvalue weighted by Gasteiger charge is -2.19. The fourth-order valence-corrected chi connectivity index (χ4v) is 6.33. The minimum Gasteiger partial charge on any atom is -0.465 e. The van der Waals surface area contributed by atoms with Crippen molar-refractivity contribution in [2.75, 3.05) is 11.3 Å². The van der Waals surface area contributed by atoms with Crippen molar-refractivity contribution in [2.24, 2.45) is 0 Å². The predicted molar refractivity (Wildman–Crippen MR) is 120 cm³/mol. The summed E-state index contributed by atoms with van der Waals surface area (Å²) in [5.41, 5.74) is 2.35. The van der Waals surface area contributed by atoms with E-state index in [1.54, 1.807) is 31.2 Å². The van der Waals surface area contributed by atoms with E-state index in [0.717, 1.165) is 16.0 Å². The quantitative estimate of drug-likeness (QED) is 0.450. The van der Waals surface area contributed by atoms with Crippen molar-refractivity contribution in [3.8, 4) is 0 Å². The number of carbonyl (C=O) groups is 1. The molecule has 2 aromatic rings. The zero-order valence-corrected chi connectivity index (χ0v) is 19.9. The van der Waals surface area contributed by atoms with Crippen LogP contribution in [0.15, 0.2) is 52.3 Å². The number of nitrogens with one attached hydrogen (secondary N) is 1. The first-order valence-corrected chi connectivity index (χ1v) is 12.6. The van der Waals surface area contributed by atoms with Gasteiger partial charge in [0.05, 0.1) is 16.3 Å². The molecular weight excluding hydrogens is 474 g/mol. The summed E-state index contributed by atoms with van der Waals surface area (Å²) < 4.78 is 33.4. The Kier molecular flexibility index (Phi) is 6.36. The summed E-state index contributed by atoms with van der Waals surface area (Å²) in [6.45, 7) is 8.34. The van der Waals surface area contributed by atoms with Crippen LogP contribution in [0.3, 0.4) is 0 Å². The largest absolute Gasteiger partial charge is 0.465 e. The maximum absolute atomic E-state index is 12.8. The second-order valence-electron chi connectivity index (χ2n) is 7.82. The first-order valence-electron chi connectivity index (χ1n) is 9.27. The average Bonchev–Trinajstić information content (AvgIpc) is 2.97. The summed E-state index contributed by atoms with van der Waals surface area (Å²) in [5.74, 6) is -0.281. The number of fused-ring (bicyclic) bond motifs is 1. The van der Waals surface area contributed by atoms with Gasteiger partial charge in [0.15, 0.2) is 0 Å². The van der Waals surface area contributed by atoms with Crippen molar-refractivity contribution >= 4 is 49.4 Å². The van der Waals surface area contributed by atoms with Crippen LogP contribution in [-0.2, 0) is 25.0 Å². The Hall–Kier alpha value is -1.51. The van der Waals surface area contributed by atoms with Gasteiger partial charge in [-0.2, -0.15) is 0 Å². The van der Waals surface area contributed by atoms with Crippen LogP contribution in [-0.4, -0.2) is 26.2 Å². The second-order valence-corrected chi connectivity index (χ2v) is 11.7. The van der Waals surface area contributed by atoms with Gasteiger partial charge in [-0.1, -0.05) is 48.8 Å². The highest BCUT2D eigenvalue weighted by Crippen LogP contribution is 2.50. The number of hydrogen-bond acceptors (Lipinski definition) is 5. The van der Waals surface area contributed by atoms with E-state index in [-0.39, 0.29) is 26.4 Å². The van der Waals surface area contributed by atoms with Crippen molar-refractivity contribution in [3.63, 3.8) is 0 Å². The van der Waals surface area contributed by atoms with Crippen molar-refractivity contribution in [3.05, 3.63) is 53.6 Å². The van der Waals surface area contributed by atoms with Gasteiger partial charge in [-0.25, -0.2) is 8.42 Å². The lowest BCUT2D eigenvalue weighted by molar-refractivity contribution is -0.142. The molecular formula is C21H24BrNO4S2. The molecule has 0 aromatic heterocycles. The smallest absolute Gasteiger partial charge is 0.320 e. The number of alkyl halides is 1. The Labute approximate surface area is 184 Å². The van der Waals surface area contributed by atoms with Crippen molar-refractivity contribution in [2.45, 2.75) is 53.0 Å². The molecule has 5 nitrogen and oxygen atoms in total. The number of benzene rings is 2. The summed E-state index contributed by atoms with van der Waals surface area (Å²) in [5, 5.41) is -0.387. The number of halogens is 1. The van der Waals surface area contributed by atoms with Gasteiger partial charge in [0.25, 0.3) is 10.0 Å². The van der Waals surface area contributed by atoms with Crippen LogP contribution >= 0.6 is 27.7 Å². The molecule has 1 N–H and O–H groups in total. The summed E-state index contributed by atoms with van der Waals surface area (Å²) in [6.07, 6.45) is 0. The number of thioether (sulfide) groups is 1. The molecule has 0 aliphatic carbocycles. The Morgan fingerprint density at radius 3 is 2.41 bits per heavy atom. The van der Waals surface area contributed by atoms with Crippen molar-refractivity contribution in [1.82, 2.24) is 0 Å². The first kappa shape index (κ1) is 22.2. The molecule has 0 saturated carbocycles. The summed E-state index contributed by atoms with van der Waals surface area (Å²) in [4.78, 5) is 13.0. The molecule has 0 radical (unpaired) electrons. The maximum Gasteiger partial charge on any atom is 0.320 e. The minimum atomic E-state index is -3.71. The van der Waals surface area contributed by atoms with Crippen molar-refractivity contribution in [1.29, 1.82) is 0 Å². The fraction of sp³-hybridized carbons (Fsp3) is 0.381. The van der Waals surface area contributed by atoms with Gasteiger partial charge in [-0.05, 0) is 53.8 Å². The number of ether oxygens (including phenoxy) is 1. The van der Waals surface area contributed by atoms with E-state index >= 15 is 0 Å². The van der Waals surface area contributed by atoms with E-state index in [4.69, 9.17) is 4.74 Å². The summed E-state index contributed by atoms with van der Waals surface area (Å²) in [6, 6.07) is 12.2. The molecule has 0 bridgehead atoms. The molecule has 0 saturated heterocycles. The summed E-state index contributed by atoms with van der Waals surface area (Å²) >= 11 is 4.98. The lowest BCUT2D eigenvalue weighted by atomic mass is 9.87. The lowest BCUT2D eigenvalue weighted by Crippen LogP contribution is -2.21. The molecule has 3 rings (SSSR count). The van der Waals surface area contributed by atoms with Crippen LogP contribution in [0.5, 0.6) is 0 Å². The topological polar surface area (TPSA) is 72.5 Å². The number of rotatable bonds is 5. The SMILES string of the molecule is CCOC(=O)C1Sc2ccc(NS(=O)(=O)c3ccc(C(C)(C)C)cc3)cc2C1Br. The molecule has 2 aromatic carbocycles. The monoisotopic (exact) mass is 497 g/mol. The minimum absolute atomic E-state index is 0.0479. The highest BCUT2D eigenvalue weighted by atomic mass is 79.9. The molecule has 156 valence electrons. The molecule has 1 aliphatic rings. The Balaban J connectivity index is 1.81. The third-order valence-electron chi connectivity index (χ3n) is 4.63. The molecule has 29 heavy (non-hydrogen) atoms. The van der Waals surface area contributed by atoms with Gasteiger partial charge in [0, 0.05) is 10.6 Å². The van der Waals surface area contributed by atoms with Gasteiger partial charge in [-0.3, -0.25) is 9.52 Å². The van der Waals surface area contributed by atoms with E-state index in [2.05, 4.69) is 41.4 Å². The van der Waals surface area contributed by atoms with E-state index < -0.39 is 10.0 Å². The Morgan fingerprint density at radius 2 is 1.83 bits per heavy atom. The standard InChI is InChI=1S/C21H24BrNO4S2/c1-5-27-20(24)19-18(22)16-12-14(8-11-17(16)28-19)23-29(25,26)15-9-6-13(7-10-15)21(2,3)4/h6-12,18-19,23H,5H2,1-4H3. The highest BCUT2D eigenvalue weighted by Gasteiger charge is 2.38. The number of anilines is 1. The first-order chi connectivity index (χ1) is 13.5. The zero-order chi connectivity index (χ0) is 21.4. The molecule has 8 heteroatoms. The zero-order valence-electron chi connectivity index (χ0n) is 16.7. The van der Waals surface area contributed by atoms with Crippen LogP contribution in [0.2, 0.25) is 0 Å². The van der Waals surface area contributed by atoms with Gasteiger partial charge in [0.1, 0.15) is 5.25 Å². The predicted octanol–water partition coefficient (Wildman–Crippen LogP) is 5.26. The van der Waals surface area contributed by atoms with E-state index in [9.17, 15) is 13.2 Å². The van der Waals surface area contributed by atoms with Gasteiger partial charge < -0.3 is 4.74 Å². The van der Waals surface area contributed by atoms with Crippen LogP contribution in [0, 0.1) is 0 Å². The molecule has 2 unspecified atom stereocenters. The van der Waals surface area contributed by atoms with E-state index in [1.807, 2.05) is 18.2 Å². The van der Waals surface area contributed by atoms with Gasteiger partial charge in [0.2, 0.25) is 0 Å². The van der Waals surface area contributed by atoms with Gasteiger partial charge >= 0.3 is 5.97 Å². The van der Waals surface area contributed by atoms with Crippen LogP contribution < -0.4 is 4.72 Å². The second kappa shape index (κ2) is 8.32. The van der Waals surface area contributed by atoms with Gasteiger partial charge in [-0.15, -0.1) is 11.8 Å². The number of esters is 1.